The van der Waals surface area contributed by atoms with Crippen molar-refractivity contribution in [2.24, 2.45) is 5.73 Å². The molecule has 0 aliphatic carbocycles. The molecule has 3 aromatic heterocycles. The van der Waals surface area contributed by atoms with Gasteiger partial charge in [0.25, 0.3) is 11.5 Å². The van der Waals surface area contributed by atoms with E-state index in [2.05, 4.69) is 15.0 Å². The van der Waals surface area contributed by atoms with E-state index in [0.717, 1.165) is 33.0 Å². The fraction of sp³-hybridized carbons (Fsp3) is 0.133. The highest BCUT2D eigenvalue weighted by molar-refractivity contribution is 6.19. The van der Waals surface area contributed by atoms with Crippen LogP contribution >= 0.6 is 0 Å². The molecule has 3 aromatic carbocycles. The molecular formula is C30H25N5O3. The molecule has 6 aromatic rings. The molecule has 0 bridgehead atoms. The molecule has 0 radical (unpaired) electrons. The molecule has 0 atom stereocenters. The molecular weight excluding hydrogens is 478 g/mol. The van der Waals surface area contributed by atoms with Gasteiger partial charge in [-0.3, -0.25) is 19.1 Å². The summed E-state index contributed by atoms with van der Waals surface area (Å²) >= 11 is 0. The van der Waals surface area contributed by atoms with E-state index in [1.54, 1.807) is 30.8 Å². The van der Waals surface area contributed by atoms with Crippen LogP contribution in [0.5, 0.6) is 0 Å². The molecule has 8 nitrogen and oxygen atoms in total. The number of pyridine rings is 1. The largest absolute Gasteiger partial charge is 0.386 e. The number of amides is 1. The zero-order chi connectivity index (χ0) is 26.8. The first-order valence-corrected chi connectivity index (χ1v) is 12.2. The molecule has 4 N–H and O–H groups in total. The normalized spacial score (nSPS) is 12.0. The molecule has 0 aliphatic rings. The number of benzene rings is 3. The van der Waals surface area contributed by atoms with Gasteiger partial charge in [-0.05, 0) is 56.2 Å². The van der Waals surface area contributed by atoms with Crippen molar-refractivity contribution in [3.63, 3.8) is 0 Å². The fourth-order valence-corrected chi connectivity index (χ4v) is 5.06. The molecule has 0 aliphatic heterocycles. The molecule has 0 saturated carbocycles. The van der Waals surface area contributed by atoms with Gasteiger partial charge in [0.05, 0.1) is 39.0 Å². The van der Waals surface area contributed by atoms with E-state index in [1.807, 2.05) is 61.5 Å². The van der Waals surface area contributed by atoms with E-state index in [1.165, 1.54) is 6.20 Å². The molecule has 0 unspecified atom stereocenters. The van der Waals surface area contributed by atoms with Gasteiger partial charge < -0.3 is 15.8 Å². The number of nitrogens with two attached hydrogens (primary N) is 1. The van der Waals surface area contributed by atoms with Crippen LogP contribution in [0.1, 0.15) is 35.3 Å². The van der Waals surface area contributed by atoms with Crippen molar-refractivity contribution in [1.29, 1.82) is 0 Å². The van der Waals surface area contributed by atoms with E-state index in [9.17, 15) is 14.7 Å². The van der Waals surface area contributed by atoms with E-state index in [0.29, 0.717) is 27.8 Å². The van der Waals surface area contributed by atoms with Crippen molar-refractivity contribution < 1.29 is 9.90 Å². The SMILES string of the molecule is Cc1c(-c2ncc(C(N)=O)c3[nH]c4cc(C(C)(C)O)ccc4c23)cccc1-n1cnc2ccccc2c1=O. The van der Waals surface area contributed by atoms with E-state index in [-0.39, 0.29) is 11.1 Å². The zero-order valence-corrected chi connectivity index (χ0v) is 21.1. The topological polar surface area (TPSA) is 127 Å². The van der Waals surface area contributed by atoms with Gasteiger partial charge in [0, 0.05) is 28.0 Å². The number of H-pyrrole nitrogens is 1. The Hall–Kier alpha value is -4.82. The number of aliphatic hydroxyl groups is 1. The van der Waals surface area contributed by atoms with Gasteiger partial charge in [-0.1, -0.05) is 36.4 Å². The Bertz CT molecular complexity index is 1980. The maximum absolute atomic E-state index is 13.3. The Kier molecular flexibility index (Phi) is 5.18. The Morgan fingerprint density at radius 1 is 1.03 bits per heavy atom. The number of aromatic nitrogens is 4. The minimum Gasteiger partial charge on any atom is -0.386 e. The van der Waals surface area contributed by atoms with E-state index >= 15 is 0 Å². The van der Waals surface area contributed by atoms with Crippen LogP contribution in [0.25, 0.3) is 49.7 Å². The highest BCUT2D eigenvalue weighted by atomic mass is 16.3. The Labute approximate surface area is 217 Å². The molecule has 6 rings (SSSR count). The van der Waals surface area contributed by atoms with Gasteiger partial charge in [0.1, 0.15) is 6.33 Å². The first kappa shape index (κ1) is 23.6. The molecule has 0 saturated heterocycles. The fourth-order valence-electron chi connectivity index (χ4n) is 5.06. The first-order valence-electron chi connectivity index (χ1n) is 12.2. The highest BCUT2D eigenvalue weighted by Gasteiger charge is 2.22. The summed E-state index contributed by atoms with van der Waals surface area (Å²) in [6, 6.07) is 18.6. The number of para-hydroxylation sites is 1. The third-order valence-electron chi connectivity index (χ3n) is 7.08. The number of fused-ring (bicyclic) bond motifs is 4. The third-order valence-corrected chi connectivity index (χ3v) is 7.08. The quantitative estimate of drug-likeness (QED) is 0.321. The number of nitrogens with one attached hydrogen (secondary N) is 1. The number of hydrogen-bond donors (Lipinski definition) is 3. The molecule has 3 heterocycles. The van der Waals surface area contributed by atoms with Crippen LogP contribution in [-0.2, 0) is 5.60 Å². The van der Waals surface area contributed by atoms with Crippen molar-refractivity contribution in [3.8, 4) is 16.9 Å². The van der Waals surface area contributed by atoms with Crippen molar-refractivity contribution in [1.82, 2.24) is 19.5 Å². The minimum absolute atomic E-state index is 0.163. The van der Waals surface area contributed by atoms with E-state index in [4.69, 9.17) is 5.73 Å². The molecule has 188 valence electrons. The smallest absolute Gasteiger partial charge is 0.265 e. The second-order valence-corrected chi connectivity index (χ2v) is 9.97. The van der Waals surface area contributed by atoms with Crippen LogP contribution in [0.15, 0.2) is 78.0 Å². The first-order chi connectivity index (χ1) is 18.1. The monoisotopic (exact) mass is 503 g/mol. The van der Waals surface area contributed by atoms with Crippen LogP contribution in [0.4, 0.5) is 0 Å². The van der Waals surface area contributed by atoms with Gasteiger partial charge >= 0.3 is 0 Å². The maximum Gasteiger partial charge on any atom is 0.265 e. The van der Waals surface area contributed by atoms with Crippen molar-refractivity contribution in [2.45, 2.75) is 26.4 Å². The number of rotatable bonds is 4. The molecule has 0 spiro atoms. The average Bonchev–Trinajstić information content (AvgIpc) is 3.27. The molecule has 8 heteroatoms. The summed E-state index contributed by atoms with van der Waals surface area (Å²) in [5.41, 5.74) is 10.4. The van der Waals surface area contributed by atoms with Crippen LogP contribution in [0, 0.1) is 6.92 Å². The summed E-state index contributed by atoms with van der Waals surface area (Å²) in [4.78, 5) is 38.1. The number of carbonyl (C=O) groups is 1. The lowest BCUT2D eigenvalue weighted by atomic mass is 9.95. The molecule has 1 amide bonds. The predicted molar refractivity (Wildman–Crippen MR) is 148 cm³/mol. The Morgan fingerprint density at radius 2 is 1.82 bits per heavy atom. The van der Waals surface area contributed by atoms with Gasteiger partial charge in [0.2, 0.25) is 0 Å². The zero-order valence-electron chi connectivity index (χ0n) is 21.1. The van der Waals surface area contributed by atoms with E-state index < -0.39 is 11.5 Å². The number of carbonyl (C=O) groups excluding carboxylic acids is 1. The summed E-state index contributed by atoms with van der Waals surface area (Å²) in [5.74, 6) is -0.595. The molecule has 0 fully saturated rings. The van der Waals surface area contributed by atoms with Crippen LogP contribution < -0.4 is 11.3 Å². The predicted octanol–water partition coefficient (Wildman–Crippen LogP) is 4.72. The number of nitrogens with zero attached hydrogens (tertiary/aromatic N) is 3. The Balaban J connectivity index is 1.63. The summed E-state index contributed by atoms with van der Waals surface area (Å²) in [6.45, 7) is 5.37. The lowest BCUT2D eigenvalue weighted by molar-refractivity contribution is 0.0787. The van der Waals surface area contributed by atoms with Crippen LogP contribution in [-0.4, -0.2) is 30.5 Å². The van der Waals surface area contributed by atoms with Gasteiger partial charge in [-0.25, -0.2) is 4.98 Å². The van der Waals surface area contributed by atoms with Gasteiger partial charge in [0.15, 0.2) is 0 Å². The number of primary amides is 1. The van der Waals surface area contributed by atoms with Crippen molar-refractivity contribution in [3.05, 3.63) is 100 Å². The molecule has 38 heavy (non-hydrogen) atoms. The minimum atomic E-state index is -1.04. The van der Waals surface area contributed by atoms with Crippen LogP contribution in [0.2, 0.25) is 0 Å². The summed E-state index contributed by atoms with van der Waals surface area (Å²) in [7, 11) is 0. The lowest BCUT2D eigenvalue weighted by Gasteiger charge is -2.17. The summed E-state index contributed by atoms with van der Waals surface area (Å²) < 4.78 is 1.54. The van der Waals surface area contributed by atoms with Crippen molar-refractivity contribution in [2.75, 3.05) is 0 Å². The van der Waals surface area contributed by atoms with Crippen LogP contribution in [0.3, 0.4) is 0 Å². The van der Waals surface area contributed by atoms with Gasteiger partial charge in [-0.2, -0.15) is 0 Å². The van der Waals surface area contributed by atoms with Crippen molar-refractivity contribution >= 4 is 38.6 Å². The number of hydrogen-bond acceptors (Lipinski definition) is 5. The third kappa shape index (κ3) is 3.57. The second-order valence-electron chi connectivity index (χ2n) is 9.97. The summed E-state index contributed by atoms with van der Waals surface area (Å²) in [5, 5.41) is 12.6. The number of aromatic amines is 1. The maximum atomic E-state index is 13.3. The lowest BCUT2D eigenvalue weighted by Crippen LogP contribution is -2.19. The highest BCUT2D eigenvalue weighted by Crippen LogP contribution is 2.38. The summed E-state index contributed by atoms with van der Waals surface area (Å²) in [6.07, 6.45) is 3.02. The average molecular weight is 504 g/mol. The van der Waals surface area contributed by atoms with Gasteiger partial charge in [-0.15, -0.1) is 0 Å². The standard InChI is InChI=1S/C30H25N5O3/c1-16-18(8-6-10-24(16)35-15-33-22-9-5-4-7-20(22)29(35)37)26-25-19-12-11-17(30(2,3)38)13-23(19)34-27(25)21(14-32-26)28(31)36/h4-15,34,38H,1-3H3,(H2,31,36). The Morgan fingerprint density at radius 3 is 2.58 bits per heavy atom. The second kappa shape index (κ2) is 8.36.